The molecule has 1 unspecified atom stereocenters. The van der Waals surface area contributed by atoms with E-state index in [1.54, 1.807) is 30.5 Å². The summed E-state index contributed by atoms with van der Waals surface area (Å²) in [7, 11) is -4.22. The van der Waals surface area contributed by atoms with Crippen LogP contribution in [-0.4, -0.2) is 43.6 Å². The van der Waals surface area contributed by atoms with E-state index in [-0.39, 0.29) is 19.2 Å². The minimum absolute atomic E-state index is 0.0211. The molecule has 0 spiro atoms. The molecule has 1 saturated heterocycles. The Hall–Kier alpha value is -2.88. The highest BCUT2D eigenvalue weighted by Crippen LogP contribution is 2.25. The molecular weight excluding hydrogens is 462 g/mol. The van der Waals surface area contributed by atoms with Crippen LogP contribution in [0.15, 0.2) is 71.8 Å². The van der Waals surface area contributed by atoms with Crippen LogP contribution in [0.1, 0.15) is 24.1 Å². The van der Waals surface area contributed by atoms with E-state index in [0.29, 0.717) is 37.0 Å². The van der Waals surface area contributed by atoms with E-state index >= 15 is 0 Å². The molecule has 34 heavy (non-hydrogen) atoms. The van der Waals surface area contributed by atoms with Gasteiger partial charge in [-0.25, -0.2) is 17.2 Å². The Bertz CT molecular complexity index is 1190. The summed E-state index contributed by atoms with van der Waals surface area (Å²) in [6, 6.07) is 15.3. The highest BCUT2D eigenvalue weighted by atomic mass is 32.2. The third-order valence-electron chi connectivity index (χ3n) is 5.58. The summed E-state index contributed by atoms with van der Waals surface area (Å²) in [5.74, 6) is -1.30. The third-order valence-corrected chi connectivity index (χ3v) is 7.42. The predicted molar refractivity (Wildman–Crippen MR) is 123 cm³/mol. The quantitative estimate of drug-likeness (QED) is 0.424. The molecule has 3 aromatic rings. The molecule has 1 aromatic heterocycles. The lowest BCUT2D eigenvalue weighted by atomic mass is 10.2. The standard InChI is InChI=1S/C25H26F2N2O4S/c26-20-8-11-25(24(27)16-20)34(30,31)29(18-23-5-3-14-32-23)17-19-6-9-22(10-7-19)33-15-12-21-4-1-2-13-28-21/h1-2,4,6-11,13,16,23H,3,5,12,14-15,17-18H2. The summed E-state index contributed by atoms with van der Waals surface area (Å²) < 4.78 is 66.8. The summed E-state index contributed by atoms with van der Waals surface area (Å²) in [6.07, 6.45) is 3.69. The number of nitrogens with zero attached hydrogens (tertiary/aromatic N) is 2. The second kappa shape index (κ2) is 11.0. The van der Waals surface area contributed by atoms with E-state index in [1.807, 2.05) is 18.2 Å². The van der Waals surface area contributed by atoms with E-state index in [1.165, 1.54) is 4.31 Å². The van der Waals surface area contributed by atoms with Crippen molar-refractivity contribution in [1.29, 1.82) is 0 Å². The van der Waals surface area contributed by atoms with Gasteiger partial charge in [0, 0.05) is 44.1 Å². The van der Waals surface area contributed by atoms with Gasteiger partial charge in [0.25, 0.3) is 0 Å². The van der Waals surface area contributed by atoms with Crippen molar-refractivity contribution >= 4 is 10.0 Å². The molecule has 2 heterocycles. The number of ether oxygens (including phenoxy) is 2. The van der Waals surface area contributed by atoms with Crippen molar-refractivity contribution in [3.8, 4) is 5.75 Å². The lowest BCUT2D eigenvalue weighted by molar-refractivity contribution is 0.0925. The molecule has 1 aliphatic rings. The van der Waals surface area contributed by atoms with Crippen molar-refractivity contribution in [1.82, 2.24) is 9.29 Å². The largest absolute Gasteiger partial charge is 0.493 e. The minimum Gasteiger partial charge on any atom is -0.493 e. The fraction of sp³-hybridized carbons (Fsp3) is 0.320. The van der Waals surface area contributed by atoms with Gasteiger partial charge in [0.15, 0.2) is 0 Å². The van der Waals surface area contributed by atoms with Crippen LogP contribution in [0.2, 0.25) is 0 Å². The van der Waals surface area contributed by atoms with Gasteiger partial charge in [0.1, 0.15) is 22.3 Å². The van der Waals surface area contributed by atoms with E-state index in [0.717, 1.165) is 30.7 Å². The van der Waals surface area contributed by atoms with Crippen molar-refractivity contribution < 1.29 is 26.7 Å². The summed E-state index contributed by atoms with van der Waals surface area (Å²) >= 11 is 0. The van der Waals surface area contributed by atoms with Crippen LogP contribution in [0.4, 0.5) is 8.78 Å². The predicted octanol–water partition coefficient (Wildman–Crippen LogP) is 4.35. The number of rotatable bonds is 10. The zero-order chi connectivity index (χ0) is 24.0. The molecular formula is C25H26F2N2O4S. The Balaban J connectivity index is 1.46. The van der Waals surface area contributed by atoms with Crippen LogP contribution < -0.4 is 4.74 Å². The highest BCUT2D eigenvalue weighted by molar-refractivity contribution is 7.89. The molecule has 0 bridgehead atoms. The molecule has 1 fully saturated rings. The molecule has 0 aliphatic carbocycles. The fourth-order valence-corrected chi connectivity index (χ4v) is 5.31. The molecule has 0 amide bonds. The van der Waals surface area contributed by atoms with Gasteiger partial charge in [-0.05, 0) is 54.8 Å². The van der Waals surface area contributed by atoms with E-state index in [4.69, 9.17) is 9.47 Å². The average molecular weight is 489 g/mol. The van der Waals surface area contributed by atoms with Gasteiger partial charge < -0.3 is 9.47 Å². The van der Waals surface area contributed by atoms with Crippen LogP contribution in [0, 0.1) is 11.6 Å². The second-order valence-corrected chi connectivity index (χ2v) is 9.98. The average Bonchev–Trinajstić information content (AvgIpc) is 3.33. The highest BCUT2D eigenvalue weighted by Gasteiger charge is 2.31. The SMILES string of the molecule is O=S(=O)(c1ccc(F)cc1F)N(Cc1ccc(OCCc2ccccn2)cc1)CC1CCCO1. The van der Waals surface area contributed by atoms with Crippen molar-refractivity contribution in [3.63, 3.8) is 0 Å². The van der Waals surface area contributed by atoms with Crippen LogP contribution in [0.5, 0.6) is 5.75 Å². The van der Waals surface area contributed by atoms with Crippen molar-refractivity contribution in [2.75, 3.05) is 19.8 Å². The topological polar surface area (TPSA) is 68.7 Å². The summed E-state index contributed by atoms with van der Waals surface area (Å²) in [5, 5.41) is 0. The lowest BCUT2D eigenvalue weighted by Crippen LogP contribution is -2.37. The molecule has 1 atom stereocenters. The number of pyridine rings is 1. The Morgan fingerprint density at radius 3 is 2.59 bits per heavy atom. The van der Waals surface area contributed by atoms with E-state index in [9.17, 15) is 17.2 Å². The second-order valence-electron chi connectivity index (χ2n) is 8.07. The lowest BCUT2D eigenvalue weighted by Gasteiger charge is -2.25. The Morgan fingerprint density at radius 2 is 1.91 bits per heavy atom. The summed E-state index contributed by atoms with van der Waals surface area (Å²) in [6.45, 7) is 1.13. The maximum Gasteiger partial charge on any atom is 0.246 e. The first-order valence-electron chi connectivity index (χ1n) is 11.1. The Kier molecular flexibility index (Phi) is 7.87. The van der Waals surface area contributed by atoms with Crippen LogP contribution in [-0.2, 0) is 27.7 Å². The zero-order valence-corrected chi connectivity index (χ0v) is 19.4. The number of hydrogen-bond donors (Lipinski definition) is 0. The fourth-order valence-electron chi connectivity index (χ4n) is 3.80. The first-order valence-corrected chi connectivity index (χ1v) is 12.5. The third kappa shape index (κ3) is 6.16. The maximum atomic E-state index is 14.4. The zero-order valence-electron chi connectivity index (χ0n) is 18.6. The van der Waals surface area contributed by atoms with Gasteiger partial charge in [-0.3, -0.25) is 4.98 Å². The van der Waals surface area contributed by atoms with Gasteiger partial charge in [-0.1, -0.05) is 18.2 Å². The normalized spacial score (nSPS) is 16.1. The van der Waals surface area contributed by atoms with Gasteiger partial charge in [-0.15, -0.1) is 0 Å². The molecule has 2 aromatic carbocycles. The van der Waals surface area contributed by atoms with E-state index in [2.05, 4.69) is 4.98 Å². The molecule has 180 valence electrons. The smallest absolute Gasteiger partial charge is 0.246 e. The molecule has 0 radical (unpaired) electrons. The van der Waals surface area contributed by atoms with Crippen molar-refractivity contribution in [2.45, 2.75) is 36.8 Å². The van der Waals surface area contributed by atoms with Gasteiger partial charge in [0.2, 0.25) is 10.0 Å². The molecule has 6 nitrogen and oxygen atoms in total. The first-order chi connectivity index (χ1) is 16.4. The minimum atomic E-state index is -4.22. The van der Waals surface area contributed by atoms with Gasteiger partial charge in [-0.2, -0.15) is 4.31 Å². The van der Waals surface area contributed by atoms with Crippen LogP contribution in [0.3, 0.4) is 0 Å². The molecule has 4 rings (SSSR count). The Morgan fingerprint density at radius 1 is 1.09 bits per heavy atom. The molecule has 1 aliphatic heterocycles. The van der Waals surface area contributed by atoms with Gasteiger partial charge in [0.05, 0.1) is 12.7 Å². The molecule has 9 heteroatoms. The van der Waals surface area contributed by atoms with Crippen LogP contribution >= 0.6 is 0 Å². The molecule has 0 N–H and O–H groups in total. The first kappa shape index (κ1) is 24.3. The monoisotopic (exact) mass is 488 g/mol. The number of hydrogen-bond acceptors (Lipinski definition) is 5. The van der Waals surface area contributed by atoms with Crippen LogP contribution in [0.25, 0.3) is 0 Å². The maximum absolute atomic E-state index is 14.4. The Labute approximate surface area is 198 Å². The number of halogens is 2. The van der Waals surface area contributed by atoms with Crippen molar-refractivity contribution in [2.24, 2.45) is 0 Å². The van der Waals surface area contributed by atoms with Crippen molar-refractivity contribution in [3.05, 3.63) is 89.8 Å². The number of benzene rings is 2. The summed E-state index contributed by atoms with van der Waals surface area (Å²) in [5.41, 5.74) is 1.64. The number of sulfonamides is 1. The van der Waals surface area contributed by atoms with E-state index < -0.39 is 26.6 Å². The molecule has 0 saturated carbocycles. The number of aromatic nitrogens is 1. The summed E-state index contributed by atoms with van der Waals surface area (Å²) in [4.78, 5) is 3.70. The van der Waals surface area contributed by atoms with Gasteiger partial charge >= 0.3 is 0 Å².